The number of hydrogen-bond acceptors (Lipinski definition) is 8. The molecule has 0 radical (unpaired) electrons. The van der Waals surface area contributed by atoms with E-state index in [0.29, 0.717) is 15.6 Å². The van der Waals surface area contributed by atoms with Crippen molar-refractivity contribution in [3.05, 3.63) is 114 Å². The van der Waals surface area contributed by atoms with Crippen LogP contribution in [-0.4, -0.2) is 33.2 Å². The van der Waals surface area contributed by atoms with E-state index in [9.17, 15) is 18.0 Å². The Hall–Kier alpha value is -4.83. The fourth-order valence-corrected chi connectivity index (χ4v) is 5.14. The summed E-state index contributed by atoms with van der Waals surface area (Å²) in [6.45, 7) is 4.90. The first-order chi connectivity index (χ1) is 20.0. The van der Waals surface area contributed by atoms with Gasteiger partial charge >= 0.3 is 12.1 Å². The number of carbonyl (C=O) groups is 2. The molecule has 218 valence electrons. The van der Waals surface area contributed by atoms with Gasteiger partial charge in [-0.05, 0) is 74.9 Å². The van der Waals surface area contributed by atoms with Gasteiger partial charge in [0.1, 0.15) is 35.1 Å². The molecule has 1 amide bonds. The molecule has 0 aliphatic heterocycles. The second kappa shape index (κ2) is 12.8. The molecule has 4 aromatic rings. The Kier molecular flexibility index (Phi) is 9.17. The second-order valence-electron chi connectivity index (χ2n) is 10.1. The molecule has 0 fully saturated rings. The van der Waals surface area contributed by atoms with Crippen LogP contribution in [0.3, 0.4) is 0 Å². The lowest BCUT2D eigenvalue weighted by molar-refractivity contribution is 0.0607. The Morgan fingerprint density at radius 2 is 1.38 bits per heavy atom. The van der Waals surface area contributed by atoms with E-state index in [4.69, 9.17) is 18.9 Å². The number of methoxy groups -OCH3 is 1. The van der Waals surface area contributed by atoms with Crippen LogP contribution in [0.1, 0.15) is 36.7 Å². The highest BCUT2D eigenvalue weighted by Crippen LogP contribution is 2.38. The normalized spacial score (nSPS) is 11.3. The molecule has 0 N–H and O–H groups in total. The fraction of sp³-hybridized carbons (Fsp3) is 0.188. The van der Waals surface area contributed by atoms with Gasteiger partial charge in [0.2, 0.25) is 0 Å². The topological polar surface area (TPSA) is 108 Å². The van der Waals surface area contributed by atoms with Crippen molar-refractivity contribution in [1.82, 2.24) is 0 Å². The highest BCUT2D eigenvalue weighted by atomic mass is 32.2. The predicted octanol–water partition coefficient (Wildman–Crippen LogP) is 6.62. The van der Waals surface area contributed by atoms with Gasteiger partial charge in [-0.2, -0.15) is 4.31 Å². The van der Waals surface area contributed by atoms with Crippen molar-refractivity contribution in [3.63, 3.8) is 0 Å². The smallest absolute Gasteiger partial charge is 0.429 e. The van der Waals surface area contributed by atoms with Crippen molar-refractivity contribution in [2.24, 2.45) is 0 Å². The van der Waals surface area contributed by atoms with Crippen LogP contribution in [0.25, 0.3) is 0 Å². The predicted molar refractivity (Wildman–Crippen MR) is 158 cm³/mol. The number of amides is 1. The summed E-state index contributed by atoms with van der Waals surface area (Å²) < 4.78 is 50.8. The van der Waals surface area contributed by atoms with Crippen molar-refractivity contribution in [2.75, 3.05) is 11.4 Å². The van der Waals surface area contributed by atoms with E-state index in [1.54, 1.807) is 101 Å². The van der Waals surface area contributed by atoms with E-state index in [2.05, 4.69) is 0 Å². The minimum absolute atomic E-state index is 0.00697. The van der Waals surface area contributed by atoms with E-state index in [1.165, 1.54) is 30.3 Å². The average Bonchev–Trinajstić information content (AvgIpc) is 2.97. The van der Waals surface area contributed by atoms with Gasteiger partial charge in [0.15, 0.2) is 0 Å². The molecule has 0 atom stereocenters. The molecule has 9 nitrogen and oxygen atoms in total. The van der Waals surface area contributed by atoms with Gasteiger partial charge in [-0.1, -0.05) is 48.5 Å². The largest absolute Gasteiger partial charge is 0.497 e. The molecule has 4 rings (SSSR count). The lowest BCUT2D eigenvalue weighted by atomic mass is 10.2. The minimum atomic E-state index is -4.52. The molecular formula is C32H31NO8S. The van der Waals surface area contributed by atoms with Crippen molar-refractivity contribution < 1.29 is 37.0 Å². The van der Waals surface area contributed by atoms with E-state index in [1.807, 2.05) is 0 Å². The zero-order chi connectivity index (χ0) is 30.3. The number of hydrogen-bond donors (Lipinski definition) is 0. The number of carbonyl (C=O) groups excluding carboxylic acids is 2. The summed E-state index contributed by atoms with van der Waals surface area (Å²) in [5.74, 6) is 0.0282. The van der Waals surface area contributed by atoms with Gasteiger partial charge in [-0.25, -0.2) is 18.0 Å². The standard InChI is InChI=1S/C32H31NO8S/c1-32(2,3)41-31(35)33(42(36,37)27-13-9-6-10-14-27)28-21-26(40-30(34)24-11-7-5-8-12-24)19-20-29(28)39-22-23-15-17-25(38-4)18-16-23/h5-21H,22H2,1-4H3. The summed E-state index contributed by atoms with van der Waals surface area (Å²) in [7, 11) is -2.96. The molecule has 0 saturated carbocycles. The number of ether oxygens (including phenoxy) is 4. The van der Waals surface area contributed by atoms with Crippen molar-refractivity contribution in [3.8, 4) is 17.2 Å². The molecule has 4 aromatic carbocycles. The molecule has 10 heteroatoms. The molecular weight excluding hydrogens is 558 g/mol. The summed E-state index contributed by atoms with van der Waals surface area (Å²) in [5, 5.41) is 0. The third-order valence-corrected chi connectivity index (χ3v) is 7.46. The Labute approximate surface area is 245 Å². The van der Waals surface area contributed by atoms with Crippen LogP contribution in [0.2, 0.25) is 0 Å². The molecule has 0 bridgehead atoms. The minimum Gasteiger partial charge on any atom is -0.497 e. The summed E-state index contributed by atoms with van der Waals surface area (Å²) in [6, 6.07) is 27.0. The molecule has 0 aromatic heterocycles. The molecule has 0 heterocycles. The number of anilines is 1. The van der Waals surface area contributed by atoms with Gasteiger partial charge in [0.25, 0.3) is 10.0 Å². The maximum absolute atomic E-state index is 14.0. The maximum atomic E-state index is 14.0. The monoisotopic (exact) mass is 589 g/mol. The zero-order valence-electron chi connectivity index (χ0n) is 23.6. The fourth-order valence-electron chi connectivity index (χ4n) is 3.79. The number of benzene rings is 4. The highest BCUT2D eigenvalue weighted by Gasteiger charge is 2.37. The first-order valence-electron chi connectivity index (χ1n) is 13.0. The van der Waals surface area contributed by atoms with Crippen LogP contribution in [0, 0.1) is 0 Å². The molecule has 0 spiro atoms. The molecule has 0 saturated heterocycles. The Bertz CT molecular complexity index is 1630. The molecule has 0 aliphatic carbocycles. The van der Waals surface area contributed by atoms with E-state index >= 15 is 0 Å². The Morgan fingerprint density at radius 3 is 1.98 bits per heavy atom. The van der Waals surface area contributed by atoms with Gasteiger partial charge in [-0.15, -0.1) is 0 Å². The quantitative estimate of drug-likeness (QED) is 0.158. The van der Waals surface area contributed by atoms with Crippen LogP contribution < -0.4 is 18.5 Å². The third kappa shape index (κ3) is 7.46. The van der Waals surface area contributed by atoms with E-state index in [-0.39, 0.29) is 28.7 Å². The molecule has 42 heavy (non-hydrogen) atoms. The molecule has 0 unspecified atom stereocenters. The summed E-state index contributed by atoms with van der Waals surface area (Å²) in [5.41, 5.74) is -0.168. The highest BCUT2D eigenvalue weighted by molar-refractivity contribution is 7.93. The maximum Gasteiger partial charge on any atom is 0.429 e. The SMILES string of the molecule is COc1ccc(COc2ccc(OC(=O)c3ccccc3)cc2N(C(=O)OC(C)(C)C)S(=O)(=O)c2ccccc2)cc1. The van der Waals surface area contributed by atoms with Gasteiger partial charge in [0, 0.05) is 6.07 Å². The van der Waals surface area contributed by atoms with Crippen molar-refractivity contribution in [1.29, 1.82) is 0 Å². The van der Waals surface area contributed by atoms with Gasteiger partial charge in [-0.3, -0.25) is 0 Å². The van der Waals surface area contributed by atoms with Crippen LogP contribution >= 0.6 is 0 Å². The lowest BCUT2D eigenvalue weighted by Gasteiger charge is -2.28. The summed E-state index contributed by atoms with van der Waals surface area (Å²) >= 11 is 0. The van der Waals surface area contributed by atoms with Crippen LogP contribution in [-0.2, 0) is 21.4 Å². The van der Waals surface area contributed by atoms with Gasteiger partial charge < -0.3 is 18.9 Å². The number of esters is 1. The summed E-state index contributed by atoms with van der Waals surface area (Å²) in [4.78, 5) is 26.2. The zero-order valence-corrected chi connectivity index (χ0v) is 24.5. The number of sulfonamides is 1. The van der Waals surface area contributed by atoms with Crippen molar-refractivity contribution in [2.45, 2.75) is 37.9 Å². The lowest BCUT2D eigenvalue weighted by Crippen LogP contribution is -2.41. The summed E-state index contributed by atoms with van der Waals surface area (Å²) in [6.07, 6.45) is -1.16. The van der Waals surface area contributed by atoms with E-state index in [0.717, 1.165) is 5.56 Å². The third-order valence-electron chi connectivity index (χ3n) is 5.76. The van der Waals surface area contributed by atoms with Crippen LogP contribution in [0.5, 0.6) is 17.2 Å². The number of nitrogens with zero attached hydrogens (tertiary/aromatic N) is 1. The molecule has 0 aliphatic rings. The first-order valence-corrected chi connectivity index (χ1v) is 14.4. The van der Waals surface area contributed by atoms with E-state index < -0.39 is 27.7 Å². The number of rotatable bonds is 9. The average molecular weight is 590 g/mol. The van der Waals surface area contributed by atoms with Gasteiger partial charge in [0.05, 0.1) is 17.6 Å². The van der Waals surface area contributed by atoms with Crippen LogP contribution in [0.15, 0.2) is 108 Å². The van der Waals surface area contributed by atoms with Crippen LogP contribution in [0.4, 0.5) is 10.5 Å². The second-order valence-corrected chi connectivity index (χ2v) is 11.9. The Balaban J connectivity index is 1.81. The Morgan fingerprint density at radius 1 is 0.786 bits per heavy atom. The first kappa shape index (κ1) is 30.1. The van der Waals surface area contributed by atoms with Crippen molar-refractivity contribution >= 4 is 27.8 Å².